The van der Waals surface area contributed by atoms with E-state index in [1.165, 1.54) is 0 Å². The molecule has 9 heteroatoms. The molecule has 2 aromatic rings. The summed E-state index contributed by atoms with van der Waals surface area (Å²) in [6.45, 7) is 13.9. The summed E-state index contributed by atoms with van der Waals surface area (Å²) in [7, 11) is -0.529. The van der Waals surface area contributed by atoms with Gasteiger partial charge in [0.25, 0.3) is 0 Å². The third kappa shape index (κ3) is 8.23. The molecule has 200 valence electrons. The fourth-order valence-corrected chi connectivity index (χ4v) is 3.77. The normalized spacial score (nSPS) is 17.1. The van der Waals surface area contributed by atoms with Crippen LogP contribution in [0.1, 0.15) is 72.1 Å². The van der Waals surface area contributed by atoms with E-state index in [1.54, 1.807) is 0 Å². The van der Waals surface area contributed by atoms with E-state index in [-0.39, 0.29) is 13.2 Å². The third-order valence-electron chi connectivity index (χ3n) is 6.44. The van der Waals surface area contributed by atoms with Crippen molar-refractivity contribution in [2.24, 2.45) is 0 Å². The molecule has 1 heterocycles. The molecule has 0 aromatic heterocycles. The van der Waals surface area contributed by atoms with Gasteiger partial charge in [-0.15, -0.1) is 0 Å². The molecule has 1 aliphatic rings. The van der Waals surface area contributed by atoms with Crippen LogP contribution in [0.15, 0.2) is 54.6 Å². The summed E-state index contributed by atoms with van der Waals surface area (Å²) in [4.78, 5) is 24.8. The van der Waals surface area contributed by atoms with Crippen LogP contribution in [0, 0.1) is 0 Å². The summed E-state index contributed by atoms with van der Waals surface area (Å²) < 4.78 is 23.2. The van der Waals surface area contributed by atoms with Crippen molar-refractivity contribution in [3.8, 4) is 0 Å². The highest BCUT2D eigenvalue weighted by Gasteiger charge is 2.51. The minimum absolute atomic E-state index is 0.183. The summed E-state index contributed by atoms with van der Waals surface area (Å²) in [6.07, 6.45) is -0.636. The lowest BCUT2D eigenvalue weighted by molar-refractivity contribution is 0.00578. The molecule has 0 radical (unpaired) electrons. The number of rotatable bonds is 8. The Balaban J connectivity index is 1.68. The van der Waals surface area contributed by atoms with Gasteiger partial charge in [0, 0.05) is 6.54 Å². The van der Waals surface area contributed by atoms with Crippen molar-refractivity contribution in [2.75, 3.05) is 6.54 Å². The predicted octanol–water partition coefficient (Wildman–Crippen LogP) is 4.87. The number of amides is 2. The van der Waals surface area contributed by atoms with E-state index in [2.05, 4.69) is 10.6 Å². The Morgan fingerprint density at radius 2 is 1.59 bits per heavy atom. The van der Waals surface area contributed by atoms with Crippen LogP contribution in [0.2, 0.25) is 0 Å². The summed E-state index contributed by atoms with van der Waals surface area (Å²) in [5.74, 6) is 0. The van der Waals surface area contributed by atoms with Gasteiger partial charge in [-0.2, -0.15) is 0 Å². The van der Waals surface area contributed by atoms with Crippen molar-refractivity contribution >= 4 is 24.8 Å². The number of carbonyl (C=O) groups excluding carboxylic acids is 2. The van der Waals surface area contributed by atoms with Crippen molar-refractivity contribution in [2.45, 2.75) is 84.3 Å². The zero-order valence-electron chi connectivity index (χ0n) is 22.9. The van der Waals surface area contributed by atoms with Gasteiger partial charge in [0.1, 0.15) is 12.2 Å². The van der Waals surface area contributed by atoms with Crippen molar-refractivity contribution in [1.29, 1.82) is 0 Å². The molecule has 2 amide bonds. The second kappa shape index (κ2) is 11.6. The van der Waals surface area contributed by atoms with Gasteiger partial charge < -0.3 is 29.4 Å². The quantitative estimate of drug-likeness (QED) is 0.493. The van der Waals surface area contributed by atoms with Gasteiger partial charge in [0.05, 0.1) is 17.2 Å². The molecule has 0 aliphatic carbocycles. The average molecular weight is 510 g/mol. The average Bonchev–Trinajstić information content (AvgIpc) is 3.03. The molecule has 0 saturated carbocycles. The van der Waals surface area contributed by atoms with Gasteiger partial charge in [-0.3, -0.25) is 0 Å². The molecule has 2 aromatic carbocycles. The number of hydrogen-bond donors (Lipinski definition) is 2. The fraction of sp³-hybridized carbons (Fsp3) is 0.500. The Labute approximate surface area is 220 Å². The maximum absolute atomic E-state index is 12.6. The second-order valence-corrected chi connectivity index (χ2v) is 11.2. The summed E-state index contributed by atoms with van der Waals surface area (Å²) in [5.41, 5.74) is 1.03. The Morgan fingerprint density at radius 3 is 2.22 bits per heavy atom. The molecule has 8 nitrogen and oxygen atoms in total. The highest BCUT2D eigenvalue weighted by Crippen LogP contribution is 2.36. The minimum atomic E-state index is -0.640. The Hall–Kier alpha value is -3.04. The first kappa shape index (κ1) is 28.5. The third-order valence-corrected chi connectivity index (χ3v) is 6.44. The lowest BCUT2D eigenvalue weighted by atomic mass is 9.78. The van der Waals surface area contributed by atoms with Crippen LogP contribution in [0.3, 0.4) is 0 Å². The first-order chi connectivity index (χ1) is 17.3. The van der Waals surface area contributed by atoms with E-state index in [1.807, 2.05) is 103 Å². The van der Waals surface area contributed by atoms with Gasteiger partial charge in [0.2, 0.25) is 0 Å². The van der Waals surface area contributed by atoms with Crippen LogP contribution in [0.4, 0.5) is 9.59 Å². The fourth-order valence-electron chi connectivity index (χ4n) is 3.77. The van der Waals surface area contributed by atoms with Crippen molar-refractivity contribution < 1.29 is 28.4 Å². The summed E-state index contributed by atoms with van der Waals surface area (Å²) in [6, 6.07) is 16.8. The number of nitrogens with one attached hydrogen (secondary N) is 2. The molecular weight excluding hydrogens is 471 g/mol. The van der Waals surface area contributed by atoms with Crippen LogP contribution >= 0.6 is 0 Å². The van der Waals surface area contributed by atoms with E-state index in [0.717, 1.165) is 16.6 Å². The molecule has 37 heavy (non-hydrogen) atoms. The monoisotopic (exact) mass is 510 g/mol. The first-order valence-corrected chi connectivity index (χ1v) is 12.7. The molecule has 1 fully saturated rings. The highest BCUT2D eigenvalue weighted by atomic mass is 16.7. The van der Waals surface area contributed by atoms with Gasteiger partial charge in [-0.25, -0.2) is 9.59 Å². The number of hydrogen-bond acceptors (Lipinski definition) is 6. The SMILES string of the molecule is CC(C)(C)OC(=O)NC(CCNC(=O)OCc1ccccc1)c1cccc(B2OC(C)(C)C(C)(C)O2)c1. The van der Waals surface area contributed by atoms with Crippen LogP contribution < -0.4 is 16.1 Å². The van der Waals surface area contributed by atoms with Crippen molar-refractivity contribution in [3.05, 3.63) is 65.7 Å². The van der Waals surface area contributed by atoms with E-state index in [0.29, 0.717) is 6.42 Å². The molecule has 1 saturated heterocycles. The van der Waals surface area contributed by atoms with Crippen molar-refractivity contribution in [3.63, 3.8) is 0 Å². The van der Waals surface area contributed by atoms with E-state index in [4.69, 9.17) is 18.8 Å². The largest absolute Gasteiger partial charge is 0.494 e. The van der Waals surface area contributed by atoms with E-state index >= 15 is 0 Å². The number of alkyl carbamates (subject to hydrolysis) is 2. The molecule has 0 bridgehead atoms. The van der Waals surface area contributed by atoms with Crippen LogP contribution in [-0.4, -0.2) is 42.7 Å². The molecule has 1 unspecified atom stereocenters. The maximum Gasteiger partial charge on any atom is 0.494 e. The van der Waals surface area contributed by atoms with E-state index in [9.17, 15) is 9.59 Å². The van der Waals surface area contributed by atoms with Crippen LogP contribution in [-0.2, 0) is 25.4 Å². The Morgan fingerprint density at radius 1 is 0.946 bits per heavy atom. The first-order valence-electron chi connectivity index (χ1n) is 12.7. The molecular formula is C28H39BN2O6. The standard InChI is InChI=1S/C28H39BN2O6/c1-26(2,3)35-25(33)31-23(16-17-30-24(32)34-19-20-12-9-8-10-13-20)21-14-11-15-22(18-21)29-36-27(4,5)28(6,7)37-29/h8-15,18,23H,16-17,19H2,1-7H3,(H,30,32)(H,31,33). The molecule has 1 atom stereocenters. The lowest BCUT2D eigenvalue weighted by Gasteiger charge is -2.32. The van der Waals surface area contributed by atoms with E-state index < -0.39 is 42.1 Å². The Bertz CT molecular complexity index is 1050. The van der Waals surface area contributed by atoms with Gasteiger partial charge in [-0.05, 0) is 71.5 Å². The highest BCUT2D eigenvalue weighted by molar-refractivity contribution is 6.62. The van der Waals surface area contributed by atoms with Crippen molar-refractivity contribution in [1.82, 2.24) is 10.6 Å². The van der Waals surface area contributed by atoms with Gasteiger partial charge in [0.15, 0.2) is 0 Å². The Kier molecular flexibility index (Phi) is 8.92. The summed E-state index contributed by atoms with van der Waals surface area (Å²) >= 11 is 0. The number of benzene rings is 2. The maximum atomic E-state index is 12.6. The van der Waals surface area contributed by atoms with Crippen LogP contribution in [0.25, 0.3) is 0 Å². The number of ether oxygens (including phenoxy) is 2. The molecule has 0 spiro atoms. The smallest absolute Gasteiger partial charge is 0.445 e. The molecule has 1 aliphatic heterocycles. The zero-order chi connectivity index (χ0) is 27.3. The minimum Gasteiger partial charge on any atom is -0.445 e. The predicted molar refractivity (Wildman–Crippen MR) is 144 cm³/mol. The molecule has 2 N–H and O–H groups in total. The zero-order valence-corrected chi connectivity index (χ0v) is 22.9. The number of carbonyl (C=O) groups is 2. The second-order valence-electron chi connectivity index (χ2n) is 11.2. The van der Waals surface area contributed by atoms with Gasteiger partial charge in [-0.1, -0.05) is 54.6 Å². The topological polar surface area (TPSA) is 95.1 Å². The summed E-state index contributed by atoms with van der Waals surface area (Å²) in [5, 5.41) is 5.70. The van der Waals surface area contributed by atoms with Gasteiger partial charge >= 0.3 is 19.3 Å². The lowest BCUT2D eigenvalue weighted by Crippen LogP contribution is -2.41. The molecule has 3 rings (SSSR count). The van der Waals surface area contributed by atoms with Crippen LogP contribution in [0.5, 0.6) is 0 Å².